The molecule has 11 rings (SSSR count). The number of thiophene rings is 1. The number of fused-ring (bicyclic) bond motifs is 9. The molecule has 0 bridgehead atoms. The molecule has 0 aliphatic rings. The van der Waals surface area contributed by atoms with Gasteiger partial charge in [0, 0.05) is 58.6 Å². The maximum atomic E-state index is 6.26. The largest absolute Gasteiger partial charge is 0.456 e. The molecule has 0 amide bonds. The van der Waals surface area contributed by atoms with Gasteiger partial charge >= 0.3 is 0 Å². The first-order chi connectivity index (χ1) is 25.8. The third-order valence-electron chi connectivity index (χ3n) is 9.94. The minimum Gasteiger partial charge on any atom is -0.456 e. The summed E-state index contributed by atoms with van der Waals surface area (Å²) in [6.45, 7) is 0. The molecule has 4 heterocycles. The average molecular weight is 683 g/mol. The van der Waals surface area contributed by atoms with Crippen LogP contribution in [0.3, 0.4) is 0 Å². The Morgan fingerprint density at radius 2 is 1.02 bits per heavy atom. The van der Waals surface area contributed by atoms with Crippen molar-refractivity contribution >= 4 is 75.1 Å². The predicted molar refractivity (Wildman–Crippen MR) is 215 cm³/mol. The molecular weight excluding hydrogens is 657 g/mol. The van der Waals surface area contributed by atoms with Crippen molar-refractivity contribution in [1.82, 2.24) is 19.9 Å². The molecule has 0 aliphatic heterocycles. The lowest BCUT2D eigenvalue weighted by molar-refractivity contribution is 0.669. The Morgan fingerprint density at radius 1 is 0.404 bits per heavy atom. The van der Waals surface area contributed by atoms with Crippen molar-refractivity contribution in [2.75, 3.05) is 0 Å². The standard InChI is InChI=1S/C46H26N4OS/c1-2-13-30-27(11-1)12-9-17-31(30)45-48-44(49-46(50-45)35-18-10-21-38-40(35)33-15-4-7-20-37(33)51-38)29-25-23-28(24-26-29)42-41-34-16-5-8-22-39(34)52-43(41)32-14-3-6-19-36(32)47-42/h1-26H. The van der Waals surface area contributed by atoms with Gasteiger partial charge in [0.1, 0.15) is 11.2 Å². The second kappa shape index (κ2) is 11.4. The lowest BCUT2D eigenvalue weighted by Gasteiger charge is -2.12. The minimum absolute atomic E-state index is 0.594. The number of hydrogen-bond acceptors (Lipinski definition) is 6. The van der Waals surface area contributed by atoms with Crippen molar-refractivity contribution in [3.8, 4) is 45.4 Å². The fraction of sp³-hybridized carbons (Fsp3) is 0. The minimum atomic E-state index is 0.594. The van der Waals surface area contributed by atoms with E-state index >= 15 is 0 Å². The van der Waals surface area contributed by atoms with Gasteiger partial charge in [0.2, 0.25) is 0 Å². The number of nitrogens with zero attached hydrogens (tertiary/aromatic N) is 4. The molecule has 0 fully saturated rings. The van der Waals surface area contributed by atoms with Gasteiger partial charge in [-0.05, 0) is 35.0 Å². The molecule has 6 heteroatoms. The molecule has 52 heavy (non-hydrogen) atoms. The Morgan fingerprint density at radius 3 is 1.90 bits per heavy atom. The number of para-hydroxylation sites is 2. The Labute approximate surface area is 301 Å². The van der Waals surface area contributed by atoms with Gasteiger partial charge in [0.25, 0.3) is 0 Å². The van der Waals surface area contributed by atoms with E-state index in [1.165, 1.54) is 25.6 Å². The third kappa shape index (κ3) is 4.48. The van der Waals surface area contributed by atoms with Crippen LogP contribution in [0, 0.1) is 0 Å². The van der Waals surface area contributed by atoms with Crippen LogP contribution in [0.25, 0.3) is 109 Å². The quantitative estimate of drug-likeness (QED) is 0.185. The first-order valence-electron chi connectivity index (χ1n) is 17.2. The summed E-state index contributed by atoms with van der Waals surface area (Å²) in [5.41, 5.74) is 7.39. The molecule has 0 N–H and O–H groups in total. The number of rotatable bonds is 4. The molecule has 0 saturated carbocycles. The summed E-state index contributed by atoms with van der Waals surface area (Å²) in [6.07, 6.45) is 0. The molecule has 0 radical (unpaired) electrons. The highest BCUT2D eigenvalue weighted by atomic mass is 32.1. The van der Waals surface area contributed by atoms with Gasteiger partial charge in [0.05, 0.1) is 11.2 Å². The topological polar surface area (TPSA) is 64.7 Å². The number of furan rings is 1. The van der Waals surface area contributed by atoms with Crippen LogP contribution in [0.2, 0.25) is 0 Å². The summed E-state index contributed by atoms with van der Waals surface area (Å²) in [4.78, 5) is 20.7. The van der Waals surface area contributed by atoms with Crippen molar-refractivity contribution in [2.45, 2.75) is 0 Å². The molecule has 0 atom stereocenters. The summed E-state index contributed by atoms with van der Waals surface area (Å²) in [7, 11) is 0. The SMILES string of the molecule is c1ccc2c(-c3nc(-c4ccc(-c5nc6ccccc6c6sc7ccccc7c56)cc4)nc(-c4cccc5oc6ccccc6c45)n3)cccc2c1. The Kier molecular flexibility index (Phi) is 6.35. The fourth-order valence-corrected chi connectivity index (χ4v) is 8.76. The lowest BCUT2D eigenvalue weighted by atomic mass is 10.0. The highest BCUT2D eigenvalue weighted by molar-refractivity contribution is 7.26. The van der Waals surface area contributed by atoms with Crippen LogP contribution in [0.15, 0.2) is 162 Å². The Balaban J connectivity index is 1.12. The Hall–Kier alpha value is -6.76. The summed E-state index contributed by atoms with van der Waals surface area (Å²) >= 11 is 1.83. The van der Waals surface area contributed by atoms with E-state index in [1.54, 1.807) is 0 Å². The van der Waals surface area contributed by atoms with Crippen LogP contribution in [-0.2, 0) is 0 Å². The van der Waals surface area contributed by atoms with Crippen molar-refractivity contribution in [3.63, 3.8) is 0 Å². The number of hydrogen-bond donors (Lipinski definition) is 0. The van der Waals surface area contributed by atoms with Crippen molar-refractivity contribution in [3.05, 3.63) is 158 Å². The first kappa shape index (κ1) is 29.0. The van der Waals surface area contributed by atoms with Crippen LogP contribution in [0.1, 0.15) is 0 Å². The van der Waals surface area contributed by atoms with Gasteiger partial charge in [-0.3, -0.25) is 0 Å². The lowest BCUT2D eigenvalue weighted by Crippen LogP contribution is -2.01. The monoisotopic (exact) mass is 682 g/mol. The second-order valence-electron chi connectivity index (χ2n) is 13.0. The molecule has 5 nitrogen and oxygen atoms in total. The van der Waals surface area contributed by atoms with Crippen LogP contribution in [0.4, 0.5) is 0 Å². The van der Waals surface area contributed by atoms with E-state index in [2.05, 4.69) is 127 Å². The van der Waals surface area contributed by atoms with Crippen molar-refractivity contribution in [1.29, 1.82) is 0 Å². The van der Waals surface area contributed by atoms with Gasteiger partial charge in [-0.15, -0.1) is 11.3 Å². The maximum Gasteiger partial charge on any atom is 0.164 e. The predicted octanol–water partition coefficient (Wildman–Crippen LogP) is 12.5. The van der Waals surface area contributed by atoms with Gasteiger partial charge in [-0.2, -0.15) is 0 Å². The van der Waals surface area contributed by atoms with Crippen LogP contribution in [0.5, 0.6) is 0 Å². The van der Waals surface area contributed by atoms with Gasteiger partial charge in [-0.25, -0.2) is 19.9 Å². The molecule has 0 spiro atoms. The third-order valence-corrected chi connectivity index (χ3v) is 11.1. The summed E-state index contributed by atoms with van der Waals surface area (Å²) in [6, 6.07) is 54.3. The Bertz CT molecular complexity index is 3190. The van der Waals surface area contributed by atoms with E-state index in [4.69, 9.17) is 24.4 Å². The van der Waals surface area contributed by atoms with Crippen molar-refractivity contribution in [2.24, 2.45) is 0 Å². The summed E-state index contributed by atoms with van der Waals surface area (Å²) in [5, 5.41) is 7.83. The first-order valence-corrected chi connectivity index (χ1v) is 18.0. The zero-order valence-corrected chi connectivity index (χ0v) is 28.4. The molecule has 7 aromatic carbocycles. The van der Waals surface area contributed by atoms with Crippen LogP contribution < -0.4 is 0 Å². The molecule has 0 unspecified atom stereocenters. The number of aromatic nitrogens is 4. The van der Waals surface area contributed by atoms with E-state index in [9.17, 15) is 0 Å². The van der Waals surface area contributed by atoms with Crippen LogP contribution >= 0.6 is 11.3 Å². The molecular formula is C46H26N4OS. The van der Waals surface area contributed by atoms with E-state index < -0.39 is 0 Å². The molecule has 11 aromatic rings. The number of pyridine rings is 1. The highest BCUT2D eigenvalue weighted by Crippen LogP contribution is 2.43. The fourth-order valence-electron chi connectivity index (χ4n) is 7.52. The zero-order valence-electron chi connectivity index (χ0n) is 27.6. The zero-order chi connectivity index (χ0) is 34.2. The van der Waals surface area contributed by atoms with Crippen molar-refractivity contribution < 1.29 is 4.42 Å². The molecule has 0 aliphatic carbocycles. The van der Waals surface area contributed by atoms with E-state index in [1.807, 2.05) is 41.7 Å². The second-order valence-corrected chi connectivity index (χ2v) is 14.0. The molecule has 0 saturated heterocycles. The maximum absolute atomic E-state index is 6.26. The summed E-state index contributed by atoms with van der Waals surface area (Å²) < 4.78 is 8.77. The average Bonchev–Trinajstić information content (AvgIpc) is 3.80. The van der Waals surface area contributed by atoms with Crippen LogP contribution in [-0.4, -0.2) is 19.9 Å². The highest BCUT2D eigenvalue weighted by Gasteiger charge is 2.20. The van der Waals surface area contributed by atoms with Gasteiger partial charge < -0.3 is 4.42 Å². The molecule has 4 aromatic heterocycles. The van der Waals surface area contributed by atoms with E-state index in [0.29, 0.717) is 17.5 Å². The smallest absolute Gasteiger partial charge is 0.164 e. The van der Waals surface area contributed by atoms with E-state index in [-0.39, 0.29) is 0 Å². The van der Waals surface area contributed by atoms with Gasteiger partial charge in [-0.1, -0.05) is 133 Å². The normalized spacial score (nSPS) is 11.8. The molecule has 242 valence electrons. The van der Waals surface area contributed by atoms with Gasteiger partial charge in [0.15, 0.2) is 17.5 Å². The summed E-state index contributed by atoms with van der Waals surface area (Å²) in [5.74, 6) is 1.81. The number of benzene rings is 7. The van der Waals surface area contributed by atoms with E-state index in [0.717, 1.165) is 66.2 Å².